The Kier molecular flexibility index (Phi) is 6.72. The molecule has 0 spiro atoms. The van der Waals surface area contributed by atoms with E-state index in [0.717, 1.165) is 31.9 Å². The number of sulfonamides is 1. The van der Waals surface area contributed by atoms with E-state index in [9.17, 15) is 8.42 Å². The van der Waals surface area contributed by atoms with Gasteiger partial charge in [-0.1, -0.05) is 6.42 Å². The van der Waals surface area contributed by atoms with Crippen LogP contribution in [0.1, 0.15) is 31.1 Å². The maximum atomic E-state index is 12.9. The predicted molar refractivity (Wildman–Crippen MR) is 116 cm³/mol. The first-order valence-corrected chi connectivity index (χ1v) is 12.1. The quantitative estimate of drug-likeness (QED) is 0.717. The SMILES string of the molecule is CN1CCN(S(=O)(=O)c2ccc(NCC(c3ccco3)N3CCCCC3)nc2)CC1. The summed E-state index contributed by atoms with van der Waals surface area (Å²) in [7, 11) is -1.49. The van der Waals surface area contributed by atoms with E-state index >= 15 is 0 Å². The molecule has 0 aromatic carbocycles. The third-order valence-corrected chi connectivity index (χ3v) is 7.90. The fraction of sp³-hybridized carbons (Fsp3) is 0.571. The van der Waals surface area contributed by atoms with E-state index in [2.05, 4.69) is 20.1 Å². The smallest absolute Gasteiger partial charge is 0.244 e. The molecule has 1 atom stereocenters. The Labute approximate surface area is 178 Å². The zero-order valence-electron chi connectivity index (χ0n) is 17.5. The van der Waals surface area contributed by atoms with Gasteiger partial charge in [0.25, 0.3) is 0 Å². The van der Waals surface area contributed by atoms with E-state index in [4.69, 9.17) is 4.42 Å². The number of rotatable bonds is 7. The van der Waals surface area contributed by atoms with Gasteiger partial charge in [-0.3, -0.25) is 4.90 Å². The number of pyridine rings is 1. The molecule has 4 rings (SSSR count). The standard InChI is InChI=1S/C21H31N5O3S/c1-24-11-13-26(14-12-24)30(27,28)18-7-8-21(22-16-18)23-17-19(20-6-5-15-29-20)25-9-3-2-4-10-25/h5-8,15-16,19H,2-4,9-14,17H2,1H3,(H,22,23). The summed E-state index contributed by atoms with van der Waals surface area (Å²) in [6.45, 7) is 5.29. The maximum absolute atomic E-state index is 12.9. The average molecular weight is 434 g/mol. The molecule has 0 saturated carbocycles. The van der Waals surface area contributed by atoms with Crippen LogP contribution >= 0.6 is 0 Å². The molecule has 1 N–H and O–H groups in total. The first kappa shape index (κ1) is 21.3. The van der Waals surface area contributed by atoms with Crippen molar-refractivity contribution in [3.05, 3.63) is 42.5 Å². The Bertz CT molecular complexity index is 887. The summed E-state index contributed by atoms with van der Waals surface area (Å²) in [4.78, 5) is 9.20. The van der Waals surface area contributed by atoms with Crippen LogP contribution in [-0.2, 0) is 10.0 Å². The van der Waals surface area contributed by atoms with Gasteiger partial charge >= 0.3 is 0 Å². The lowest BCUT2D eigenvalue weighted by Gasteiger charge is -2.33. The molecule has 8 nitrogen and oxygen atoms in total. The second-order valence-corrected chi connectivity index (χ2v) is 10.0. The van der Waals surface area contributed by atoms with Gasteiger partial charge in [0.15, 0.2) is 0 Å². The van der Waals surface area contributed by atoms with Crippen LogP contribution in [0.2, 0.25) is 0 Å². The summed E-state index contributed by atoms with van der Waals surface area (Å²) in [5.74, 6) is 1.61. The molecule has 2 saturated heterocycles. The van der Waals surface area contributed by atoms with E-state index in [-0.39, 0.29) is 10.9 Å². The van der Waals surface area contributed by atoms with Crippen molar-refractivity contribution >= 4 is 15.8 Å². The maximum Gasteiger partial charge on any atom is 0.244 e. The van der Waals surface area contributed by atoms with Gasteiger partial charge in [-0.2, -0.15) is 4.31 Å². The van der Waals surface area contributed by atoms with Crippen LogP contribution < -0.4 is 5.32 Å². The van der Waals surface area contributed by atoms with Crippen LogP contribution in [0.15, 0.2) is 46.0 Å². The van der Waals surface area contributed by atoms with Crippen LogP contribution in [0.25, 0.3) is 0 Å². The predicted octanol–water partition coefficient (Wildman–Crippen LogP) is 2.25. The number of anilines is 1. The molecule has 2 aliphatic rings. The highest BCUT2D eigenvalue weighted by Gasteiger charge is 2.28. The van der Waals surface area contributed by atoms with Gasteiger partial charge in [0.2, 0.25) is 10.0 Å². The van der Waals surface area contributed by atoms with Crippen LogP contribution in [0.4, 0.5) is 5.82 Å². The Morgan fingerprint density at radius 2 is 1.83 bits per heavy atom. The number of furan rings is 1. The minimum Gasteiger partial charge on any atom is -0.468 e. The van der Waals surface area contributed by atoms with Gasteiger partial charge in [0.05, 0.1) is 12.3 Å². The topological polar surface area (TPSA) is 81.9 Å². The number of hydrogen-bond donors (Lipinski definition) is 1. The van der Waals surface area contributed by atoms with Gasteiger partial charge in [-0.25, -0.2) is 13.4 Å². The number of aromatic nitrogens is 1. The molecule has 0 radical (unpaired) electrons. The van der Waals surface area contributed by atoms with Crippen molar-refractivity contribution in [2.75, 3.05) is 58.2 Å². The van der Waals surface area contributed by atoms with Gasteiger partial charge in [-0.05, 0) is 57.2 Å². The van der Waals surface area contributed by atoms with Crippen molar-refractivity contribution in [3.63, 3.8) is 0 Å². The first-order chi connectivity index (χ1) is 14.5. The molecule has 0 aliphatic carbocycles. The third kappa shape index (κ3) is 4.85. The number of nitrogens with one attached hydrogen (secondary N) is 1. The fourth-order valence-corrected chi connectivity index (χ4v) is 5.50. The van der Waals surface area contributed by atoms with Crippen molar-refractivity contribution in [1.29, 1.82) is 0 Å². The molecule has 4 heterocycles. The second kappa shape index (κ2) is 9.47. The van der Waals surface area contributed by atoms with Crippen molar-refractivity contribution < 1.29 is 12.8 Å². The summed E-state index contributed by atoms with van der Waals surface area (Å²) in [6, 6.07) is 7.46. The molecule has 1 unspecified atom stereocenters. The first-order valence-electron chi connectivity index (χ1n) is 10.7. The molecule has 0 amide bonds. The van der Waals surface area contributed by atoms with Gasteiger partial charge in [0, 0.05) is 38.9 Å². The zero-order chi connectivity index (χ0) is 21.0. The summed E-state index contributed by atoms with van der Waals surface area (Å²) in [5, 5.41) is 3.37. The summed E-state index contributed by atoms with van der Waals surface area (Å²) in [5.41, 5.74) is 0. The van der Waals surface area contributed by atoms with Crippen molar-refractivity contribution in [3.8, 4) is 0 Å². The van der Waals surface area contributed by atoms with Gasteiger partial charge < -0.3 is 14.6 Å². The third-order valence-electron chi connectivity index (χ3n) is 6.02. The van der Waals surface area contributed by atoms with E-state index in [1.54, 1.807) is 22.7 Å². The average Bonchev–Trinajstić information content (AvgIpc) is 3.30. The number of nitrogens with zero attached hydrogens (tertiary/aromatic N) is 4. The van der Waals surface area contributed by atoms with E-state index in [1.165, 1.54) is 25.5 Å². The highest BCUT2D eigenvalue weighted by molar-refractivity contribution is 7.89. The number of likely N-dealkylation sites (tertiary alicyclic amines) is 1. The molecule has 164 valence electrons. The number of piperazine rings is 1. The normalized spacial score (nSPS) is 20.8. The fourth-order valence-electron chi connectivity index (χ4n) is 4.14. The number of hydrogen-bond acceptors (Lipinski definition) is 7. The number of piperidine rings is 1. The van der Waals surface area contributed by atoms with Crippen LogP contribution in [0.3, 0.4) is 0 Å². The van der Waals surface area contributed by atoms with E-state index in [0.29, 0.717) is 25.5 Å². The minimum atomic E-state index is -3.49. The van der Waals surface area contributed by atoms with Gasteiger partial charge in [0.1, 0.15) is 16.5 Å². The van der Waals surface area contributed by atoms with Crippen molar-refractivity contribution in [1.82, 2.24) is 19.1 Å². The largest absolute Gasteiger partial charge is 0.468 e. The highest BCUT2D eigenvalue weighted by Crippen LogP contribution is 2.26. The summed E-state index contributed by atoms with van der Waals surface area (Å²) < 4.78 is 32.9. The molecule has 2 fully saturated rings. The monoisotopic (exact) mass is 433 g/mol. The molecule has 0 bridgehead atoms. The Morgan fingerprint density at radius 1 is 1.07 bits per heavy atom. The molecular weight excluding hydrogens is 402 g/mol. The summed E-state index contributed by atoms with van der Waals surface area (Å²) in [6.07, 6.45) is 6.85. The molecule has 30 heavy (non-hydrogen) atoms. The van der Waals surface area contributed by atoms with Crippen LogP contribution in [0, 0.1) is 0 Å². The molecule has 2 aromatic rings. The highest BCUT2D eigenvalue weighted by atomic mass is 32.2. The summed E-state index contributed by atoms with van der Waals surface area (Å²) >= 11 is 0. The second-order valence-electron chi connectivity index (χ2n) is 8.10. The van der Waals surface area contributed by atoms with Gasteiger partial charge in [-0.15, -0.1) is 0 Å². The number of likely N-dealkylation sites (N-methyl/N-ethyl adjacent to an activating group) is 1. The Balaban J connectivity index is 1.41. The lowest BCUT2D eigenvalue weighted by atomic mass is 10.1. The lowest BCUT2D eigenvalue weighted by Crippen LogP contribution is -2.47. The Morgan fingerprint density at radius 3 is 2.47 bits per heavy atom. The molecule has 9 heteroatoms. The molecular formula is C21H31N5O3S. The van der Waals surface area contributed by atoms with Crippen molar-refractivity contribution in [2.45, 2.75) is 30.2 Å². The Hall–Kier alpha value is -1.94. The van der Waals surface area contributed by atoms with E-state index < -0.39 is 10.0 Å². The lowest BCUT2D eigenvalue weighted by molar-refractivity contribution is 0.153. The van der Waals surface area contributed by atoms with E-state index in [1.807, 2.05) is 19.2 Å². The molecule has 2 aromatic heterocycles. The van der Waals surface area contributed by atoms with Crippen molar-refractivity contribution in [2.24, 2.45) is 0 Å². The molecule has 2 aliphatic heterocycles. The minimum absolute atomic E-state index is 0.135. The van der Waals surface area contributed by atoms with Crippen LogP contribution in [-0.4, -0.2) is 80.4 Å². The zero-order valence-corrected chi connectivity index (χ0v) is 18.4. The van der Waals surface area contributed by atoms with Crippen LogP contribution in [0.5, 0.6) is 0 Å².